The molecule has 0 bridgehead atoms. The Balaban J connectivity index is 1.65. The maximum atomic E-state index is 12.8. The Labute approximate surface area is 186 Å². The van der Waals surface area contributed by atoms with Crippen LogP contribution in [0.4, 0.5) is 23.0 Å². The van der Waals surface area contributed by atoms with E-state index >= 15 is 0 Å². The van der Waals surface area contributed by atoms with E-state index in [1.165, 1.54) is 6.92 Å². The predicted octanol–water partition coefficient (Wildman–Crippen LogP) is 5.12. The number of benzene rings is 3. The van der Waals surface area contributed by atoms with Crippen molar-refractivity contribution < 1.29 is 9.00 Å². The number of carbonyl (C=O) groups is 1. The average Bonchev–Trinajstić information content (AvgIpc) is 2.75. The van der Waals surface area contributed by atoms with Crippen LogP contribution in [0.2, 0.25) is 5.02 Å². The number of hydrogen-bond acceptors (Lipinski definition) is 5. The van der Waals surface area contributed by atoms with E-state index in [1.807, 2.05) is 36.4 Å². The van der Waals surface area contributed by atoms with Crippen LogP contribution < -0.4 is 15.4 Å². The number of para-hydroxylation sites is 2. The summed E-state index contributed by atoms with van der Waals surface area (Å²) in [7, 11) is -1.56. The molecule has 1 unspecified atom stereocenters. The maximum absolute atomic E-state index is 12.8. The number of nitrogens with zero attached hydrogens (tertiary/aromatic N) is 2. The predicted molar refractivity (Wildman–Crippen MR) is 125 cm³/mol. The third-order valence-electron chi connectivity index (χ3n) is 4.26. The Hall–Kier alpha value is -3.49. The van der Waals surface area contributed by atoms with Crippen LogP contribution in [-0.4, -0.2) is 20.1 Å². The molecule has 0 aliphatic heterocycles. The smallest absolute Gasteiger partial charge is 0.221 e. The van der Waals surface area contributed by atoms with Gasteiger partial charge in [0, 0.05) is 23.3 Å². The quantitative estimate of drug-likeness (QED) is 0.378. The summed E-state index contributed by atoms with van der Waals surface area (Å²) in [5, 5.41) is 6.50. The second kappa shape index (κ2) is 9.11. The van der Waals surface area contributed by atoms with Crippen molar-refractivity contribution in [1.82, 2.24) is 9.97 Å². The molecule has 4 aromatic rings. The van der Waals surface area contributed by atoms with E-state index in [2.05, 4.69) is 25.3 Å². The third-order valence-corrected chi connectivity index (χ3v) is 5.59. The van der Waals surface area contributed by atoms with Crippen molar-refractivity contribution in [3.8, 4) is 0 Å². The van der Waals surface area contributed by atoms with Crippen LogP contribution in [0.3, 0.4) is 0 Å². The molecule has 31 heavy (non-hydrogen) atoms. The summed E-state index contributed by atoms with van der Waals surface area (Å²) in [6.07, 6.45) is 0. The average molecular weight is 452 g/mol. The molecular formula is C22H18ClN5O2S. The van der Waals surface area contributed by atoms with Gasteiger partial charge in [0.15, 0.2) is 22.6 Å². The summed E-state index contributed by atoms with van der Waals surface area (Å²) < 4.78 is 15.8. The molecule has 0 spiro atoms. The van der Waals surface area contributed by atoms with Crippen LogP contribution in [0.15, 0.2) is 77.7 Å². The van der Waals surface area contributed by atoms with Crippen LogP contribution in [-0.2, 0) is 15.8 Å². The fraction of sp³-hybridized carbons (Fsp3) is 0.0455. The molecule has 1 aromatic heterocycles. The zero-order chi connectivity index (χ0) is 21.8. The van der Waals surface area contributed by atoms with Crippen molar-refractivity contribution in [3.05, 3.63) is 77.8 Å². The fourth-order valence-corrected chi connectivity index (χ4v) is 3.79. The molecule has 0 aliphatic carbocycles. The highest BCUT2D eigenvalue weighted by molar-refractivity contribution is 7.86. The number of aromatic nitrogens is 2. The number of amides is 1. The minimum Gasteiger partial charge on any atom is -0.337 e. The molecule has 0 saturated carbocycles. The largest absolute Gasteiger partial charge is 0.337 e. The maximum Gasteiger partial charge on any atom is 0.221 e. The highest BCUT2D eigenvalue weighted by Gasteiger charge is 2.13. The molecule has 0 fully saturated rings. The number of hydrogen-bond donors (Lipinski definition) is 3. The molecule has 3 aromatic carbocycles. The number of carbonyl (C=O) groups excluding carboxylic acids is 1. The van der Waals surface area contributed by atoms with Gasteiger partial charge in [-0.3, -0.25) is 9.52 Å². The lowest BCUT2D eigenvalue weighted by Crippen LogP contribution is -2.10. The van der Waals surface area contributed by atoms with Gasteiger partial charge in [0.2, 0.25) is 5.91 Å². The summed E-state index contributed by atoms with van der Waals surface area (Å²) in [5.74, 6) is 0.628. The van der Waals surface area contributed by atoms with E-state index in [9.17, 15) is 9.00 Å². The summed E-state index contributed by atoms with van der Waals surface area (Å²) in [5.41, 5.74) is 2.79. The molecule has 1 amide bonds. The first-order valence-corrected chi connectivity index (χ1v) is 10.9. The summed E-state index contributed by atoms with van der Waals surface area (Å²) in [6, 6.07) is 21.3. The van der Waals surface area contributed by atoms with Crippen LogP contribution in [0.25, 0.3) is 11.0 Å². The second-order valence-electron chi connectivity index (χ2n) is 6.62. The topological polar surface area (TPSA) is 96.0 Å². The first-order valence-electron chi connectivity index (χ1n) is 9.33. The summed E-state index contributed by atoms with van der Waals surface area (Å²) in [6.45, 7) is 1.45. The number of nitrogens with one attached hydrogen (secondary N) is 3. The Bertz CT molecular complexity index is 1260. The first kappa shape index (κ1) is 20.8. The van der Waals surface area contributed by atoms with E-state index in [0.29, 0.717) is 38.3 Å². The highest BCUT2D eigenvalue weighted by Crippen LogP contribution is 2.27. The van der Waals surface area contributed by atoms with Crippen molar-refractivity contribution in [1.29, 1.82) is 0 Å². The lowest BCUT2D eigenvalue weighted by Gasteiger charge is -2.13. The molecule has 9 heteroatoms. The van der Waals surface area contributed by atoms with Crippen LogP contribution >= 0.6 is 11.6 Å². The first-order chi connectivity index (χ1) is 15.0. The minimum absolute atomic E-state index is 0.141. The van der Waals surface area contributed by atoms with Gasteiger partial charge in [0.05, 0.1) is 15.9 Å². The third kappa shape index (κ3) is 5.17. The van der Waals surface area contributed by atoms with Gasteiger partial charge >= 0.3 is 0 Å². The van der Waals surface area contributed by atoms with Gasteiger partial charge in [-0.15, -0.1) is 0 Å². The lowest BCUT2D eigenvalue weighted by atomic mass is 10.2. The van der Waals surface area contributed by atoms with E-state index in [0.717, 1.165) is 5.69 Å². The van der Waals surface area contributed by atoms with E-state index in [4.69, 9.17) is 11.6 Å². The zero-order valence-corrected chi connectivity index (χ0v) is 18.0. The van der Waals surface area contributed by atoms with Crippen molar-refractivity contribution in [2.75, 3.05) is 15.4 Å². The van der Waals surface area contributed by atoms with Crippen molar-refractivity contribution in [3.63, 3.8) is 0 Å². The molecule has 0 aliphatic rings. The van der Waals surface area contributed by atoms with E-state index in [1.54, 1.807) is 36.4 Å². The Morgan fingerprint density at radius 2 is 1.42 bits per heavy atom. The van der Waals surface area contributed by atoms with E-state index in [-0.39, 0.29) is 5.91 Å². The van der Waals surface area contributed by atoms with Gasteiger partial charge < -0.3 is 10.6 Å². The number of halogens is 1. The molecule has 156 valence electrons. The van der Waals surface area contributed by atoms with Crippen LogP contribution in [0.5, 0.6) is 0 Å². The monoisotopic (exact) mass is 451 g/mol. The summed E-state index contributed by atoms with van der Waals surface area (Å²) in [4.78, 5) is 21.0. The second-order valence-corrected chi connectivity index (χ2v) is 8.27. The van der Waals surface area contributed by atoms with Gasteiger partial charge in [0.1, 0.15) is 0 Å². The Morgan fingerprint density at radius 1 is 0.839 bits per heavy atom. The normalized spacial score (nSPS) is 11.7. The van der Waals surface area contributed by atoms with Gasteiger partial charge in [-0.2, -0.15) is 0 Å². The van der Waals surface area contributed by atoms with Crippen LogP contribution in [0, 0.1) is 0 Å². The fourth-order valence-electron chi connectivity index (χ4n) is 2.84. The number of fused-ring (bicyclic) bond motifs is 1. The standard InChI is InChI=1S/C22H18ClN5O2S/c1-14(29)24-16-8-10-17(11-9-16)25-21-22(27-20-5-3-2-4-19(20)26-21)28-31(30)18-12-6-15(23)7-13-18/h2-13H,1H3,(H,24,29)(H,25,26)(H,27,28). The van der Waals surface area contributed by atoms with Gasteiger partial charge in [-0.1, -0.05) is 23.7 Å². The van der Waals surface area contributed by atoms with Crippen LogP contribution in [0.1, 0.15) is 6.92 Å². The molecule has 0 radical (unpaired) electrons. The Morgan fingerprint density at radius 3 is 2.03 bits per heavy atom. The lowest BCUT2D eigenvalue weighted by molar-refractivity contribution is -0.114. The van der Waals surface area contributed by atoms with E-state index < -0.39 is 11.0 Å². The molecule has 0 saturated heterocycles. The minimum atomic E-state index is -1.56. The molecule has 4 rings (SSSR count). The molecular weight excluding hydrogens is 434 g/mol. The molecule has 3 N–H and O–H groups in total. The molecule has 1 atom stereocenters. The number of anilines is 4. The SMILES string of the molecule is CC(=O)Nc1ccc(Nc2nc3ccccc3nc2NS(=O)c2ccc(Cl)cc2)cc1. The summed E-state index contributed by atoms with van der Waals surface area (Å²) >= 11 is 5.92. The number of rotatable bonds is 6. The van der Waals surface area contributed by atoms with Crippen molar-refractivity contribution >= 4 is 62.5 Å². The van der Waals surface area contributed by atoms with Crippen molar-refractivity contribution in [2.45, 2.75) is 11.8 Å². The van der Waals surface area contributed by atoms with Gasteiger partial charge in [0.25, 0.3) is 0 Å². The molecule has 1 heterocycles. The van der Waals surface area contributed by atoms with Crippen molar-refractivity contribution in [2.24, 2.45) is 0 Å². The Kier molecular flexibility index (Phi) is 6.11. The van der Waals surface area contributed by atoms with Gasteiger partial charge in [-0.25, -0.2) is 14.2 Å². The highest BCUT2D eigenvalue weighted by atomic mass is 35.5. The molecule has 7 nitrogen and oxygen atoms in total. The van der Waals surface area contributed by atoms with Gasteiger partial charge in [-0.05, 0) is 60.7 Å². The zero-order valence-electron chi connectivity index (χ0n) is 16.4.